The van der Waals surface area contributed by atoms with Gasteiger partial charge in [0.1, 0.15) is 17.5 Å². The predicted octanol–water partition coefficient (Wildman–Crippen LogP) is 3.39. The van der Waals surface area contributed by atoms with Gasteiger partial charge >= 0.3 is 11.9 Å². The van der Waals surface area contributed by atoms with Crippen molar-refractivity contribution in [2.75, 3.05) is 14.2 Å². The van der Waals surface area contributed by atoms with Gasteiger partial charge in [-0.15, -0.1) is 0 Å². The lowest BCUT2D eigenvalue weighted by Gasteiger charge is -2.44. The van der Waals surface area contributed by atoms with Gasteiger partial charge in [0.05, 0.1) is 49.5 Å². The maximum atomic E-state index is 15.0. The van der Waals surface area contributed by atoms with Gasteiger partial charge in [0.2, 0.25) is 0 Å². The van der Waals surface area contributed by atoms with E-state index < -0.39 is 52.3 Å². The molecule has 170 valence electrons. The van der Waals surface area contributed by atoms with Gasteiger partial charge in [-0.2, -0.15) is 15.8 Å². The number of aliphatic hydroxyl groups is 1. The Morgan fingerprint density at radius 2 is 1.62 bits per heavy atom. The lowest BCUT2D eigenvalue weighted by Crippen LogP contribution is -2.47. The minimum absolute atomic E-state index is 0.185. The van der Waals surface area contributed by atoms with Gasteiger partial charge in [-0.3, -0.25) is 4.79 Å². The van der Waals surface area contributed by atoms with Gasteiger partial charge in [-0.1, -0.05) is 30.3 Å². The van der Waals surface area contributed by atoms with E-state index in [1.54, 1.807) is 0 Å². The summed E-state index contributed by atoms with van der Waals surface area (Å²) in [6.07, 6.45) is 0. The van der Waals surface area contributed by atoms with E-state index in [2.05, 4.69) is 0 Å². The normalized spacial score (nSPS) is 20.9. The van der Waals surface area contributed by atoms with E-state index >= 15 is 4.39 Å². The zero-order valence-electron chi connectivity index (χ0n) is 18.2. The van der Waals surface area contributed by atoms with Crippen molar-refractivity contribution in [3.8, 4) is 18.2 Å². The van der Waals surface area contributed by atoms with Crippen molar-refractivity contribution in [1.82, 2.24) is 0 Å². The molecule has 34 heavy (non-hydrogen) atoms. The highest BCUT2D eigenvalue weighted by molar-refractivity contribution is 5.94. The first kappa shape index (κ1) is 24.0. The van der Waals surface area contributed by atoms with Crippen LogP contribution in [0, 0.1) is 51.1 Å². The second-order valence-corrected chi connectivity index (χ2v) is 7.55. The van der Waals surface area contributed by atoms with E-state index in [0.29, 0.717) is 0 Å². The summed E-state index contributed by atoms with van der Waals surface area (Å²) in [5.74, 6) is -8.50. The third kappa shape index (κ3) is 3.62. The number of rotatable bonds is 4. The first-order chi connectivity index (χ1) is 16.3. The van der Waals surface area contributed by atoms with Crippen molar-refractivity contribution in [3.05, 3.63) is 82.4 Å². The van der Waals surface area contributed by atoms with Crippen molar-refractivity contribution in [1.29, 1.82) is 15.8 Å². The van der Waals surface area contributed by atoms with Gasteiger partial charge < -0.3 is 14.6 Å². The fraction of sp³-hybridized carbons (Fsp3) is 0.240. The molecule has 0 fully saturated rings. The molecule has 1 aliphatic rings. The fourth-order valence-electron chi connectivity index (χ4n) is 4.48. The van der Waals surface area contributed by atoms with Crippen LogP contribution in [0.3, 0.4) is 0 Å². The number of carbonyl (C=O) groups excluding carboxylic acids is 2. The molecule has 2 aromatic carbocycles. The first-order valence-electron chi connectivity index (χ1n) is 9.97. The molecule has 3 rings (SSSR count). The minimum atomic E-state index is -2.26. The molecule has 0 heterocycles. The van der Waals surface area contributed by atoms with Crippen molar-refractivity contribution < 1.29 is 28.6 Å². The number of aliphatic hydroxyl groups excluding tert-OH is 1. The molecular weight excluding hydrogens is 441 g/mol. The lowest BCUT2D eigenvalue weighted by molar-refractivity contribution is -0.147. The summed E-state index contributed by atoms with van der Waals surface area (Å²) in [5.41, 5.74) is -2.47. The Labute approximate surface area is 194 Å². The summed E-state index contributed by atoms with van der Waals surface area (Å²) in [5, 5.41) is 41.1. The van der Waals surface area contributed by atoms with E-state index in [1.807, 2.05) is 18.2 Å². The zero-order valence-corrected chi connectivity index (χ0v) is 18.2. The van der Waals surface area contributed by atoms with Gasteiger partial charge in [-0.25, -0.2) is 9.18 Å². The van der Waals surface area contributed by atoms with E-state index in [4.69, 9.17) is 14.7 Å². The average molecular weight is 459 g/mol. The molecule has 1 aliphatic carbocycles. The minimum Gasteiger partial charge on any atom is -0.511 e. The molecule has 1 N–H and O–H groups in total. The number of methoxy groups -OCH3 is 2. The van der Waals surface area contributed by atoms with Crippen LogP contribution < -0.4 is 0 Å². The fourth-order valence-corrected chi connectivity index (χ4v) is 4.48. The van der Waals surface area contributed by atoms with Crippen molar-refractivity contribution in [2.24, 2.45) is 11.3 Å². The van der Waals surface area contributed by atoms with Crippen LogP contribution >= 0.6 is 0 Å². The highest BCUT2D eigenvalue weighted by Crippen LogP contribution is 2.59. The smallest absolute Gasteiger partial charge is 0.337 e. The molecule has 0 aliphatic heterocycles. The number of halogens is 1. The van der Waals surface area contributed by atoms with Crippen LogP contribution in [-0.4, -0.2) is 31.3 Å². The molecule has 0 amide bonds. The summed E-state index contributed by atoms with van der Waals surface area (Å²) >= 11 is 0. The number of hydrogen-bond donors (Lipinski definition) is 1. The van der Waals surface area contributed by atoms with Crippen molar-refractivity contribution >= 4 is 11.9 Å². The number of hydrogen-bond acceptors (Lipinski definition) is 8. The molecule has 0 aromatic heterocycles. The van der Waals surface area contributed by atoms with E-state index in [0.717, 1.165) is 20.3 Å². The number of benzene rings is 2. The molecular formula is C25H18FN3O5. The molecule has 9 heteroatoms. The zero-order chi connectivity index (χ0) is 25.0. The number of nitrogens with zero attached hydrogens (tertiary/aromatic N) is 3. The number of ether oxygens (including phenoxy) is 2. The Hall–Kier alpha value is -4.68. The number of nitriles is 3. The molecule has 0 saturated heterocycles. The second kappa shape index (κ2) is 9.44. The monoisotopic (exact) mass is 459 g/mol. The van der Waals surface area contributed by atoms with Crippen LogP contribution in [0.1, 0.15) is 28.5 Å². The van der Waals surface area contributed by atoms with Gasteiger partial charge in [0, 0.05) is 5.92 Å². The van der Waals surface area contributed by atoms with Gasteiger partial charge in [-0.05, 0) is 29.3 Å². The molecule has 2 aromatic rings. The maximum Gasteiger partial charge on any atom is 0.337 e. The quantitative estimate of drug-likeness (QED) is 0.685. The maximum absolute atomic E-state index is 15.0. The second-order valence-electron chi connectivity index (χ2n) is 7.55. The highest BCUT2D eigenvalue weighted by atomic mass is 19.1. The summed E-state index contributed by atoms with van der Waals surface area (Å²) in [4.78, 5) is 25.7. The van der Waals surface area contributed by atoms with E-state index in [-0.39, 0.29) is 16.7 Å². The summed E-state index contributed by atoms with van der Waals surface area (Å²) in [7, 11) is 2.06. The average Bonchev–Trinajstić information content (AvgIpc) is 2.87. The van der Waals surface area contributed by atoms with Crippen LogP contribution in [-0.2, 0) is 19.1 Å². The van der Waals surface area contributed by atoms with Crippen molar-refractivity contribution in [3.63, 3.8) is 0 Å². The van der Waals surface area contributed by atoms with E-state index in [1.165, 1.54) is 42.5 Å². The summed E-state index contributed by atoms with van der Waals surface area (Å²) < 4.78 is 24.6. The summed E-state index contributed by atoms with van der Waals surface area (Å²) in [6, 6.07) is 16.6. The van der Waals surface area contributed by atoms with Crippen LogP contribution in [0.5, 0.6) is 0 Å². The summed E-state index contributed by atoms with van der Waals surface area (Å²) in [6.45, 7) is 0. The first-order valence-corrected chi connectivity index (χ1v) is 9.97. The molecule has 8 nitrogen and oxygen atoms in total. The Morgan fingerprint density at radius 3 is 2.12 bits per heavy atom. The van der Waals surface area contributed by atoms with Gasteiger partial charge in [0.15, 0.2) is 5.41 Å². The number of esters is 2. The highest BCUT2D eigenvalue weighted by Gasteiger charge is 2.62. The molecule has 0 unspecified atom stereocenters. The number of carbonyl (C=O) groups is 2. The van der Waals surface area contributed by atoms with Crippen LogP contribution in [0.4, 0.5) is 4.39 Å². The molecule has 0 radical (unpaired) electrons. The lowest BCUT2D eigenvalue weighted by atomic mass is 9.54. The Kier molecular flexibility index (Phi) is 6.66. The third-order valence-corrected chi connectivity index (χ3v) is 5.98. The third-order valence-electron chi connectivity index (χ3n) is 5.98. The molecule has 0 saturated carbocycles. The topological polar surface area (TPSA) is 144 Å². The predicted molar refractivity (Wildman–Crippen MR) is 114 cm³/mol. The molecule has 0 spiro atoms. The SMILES string of the molecule is COC(=O)C1=C(O)[C@H](C(=O)OC)[C@@H](c2ccccc2F)C(C#N)(C#N)[C@@H]1c1ccc(C#N)cc1. The Balaban J connectivity index is 2.50. The Morgan fingerprint density at radius 1 is 1.00 bits per heavy atom. The molecule has 0 bridgehead atoms. The largest absolute Gasteiger partial charge is 0.511 e. The van der Waals surface area contributed by atoms with Crippen molar-refractivity contribution in [2.45, 2.75) is 11.8 Å². The Bertz CT molecular complexity index is 1280. The van der Waals surface area contributed by atoms with Crippen LogP contribution in [0.15, 0.2) is 59.9 Å². The van der Waals surface area contributed by atoms with Crippen LogP contribution in [0.25, 0.3) is 0 Å². The van der Waals surface area contributed by atoms with Gasteiger partial charge in [0.25, 0.3) is 0 Å². The van der Waals surface area contributed by atoms with Crippen LogP contribution in [0.2, 0.25) is 0 Å². The molecule has 3 atom stereocenters. The standard InChI is InChI=1S/C25H18FN3O5/c1-33-23(31)18-20(15-9-7-14(11-27)8-10-15)25(12-28,13-29)21(16-5-3-4-6-17(16)26)19(22(18)30)24(32)34-2/h3-10,19-21,30H,1-2H3/t19-,20-,21-/m1/s1. The van der Waals surface area contributed by atoms with E-state index in [9.17, 15) is 25.2 Å².